The predicted molar refractivity (Wildman–Crippen MR) is 156 cm³/mol. The molecule has 0 radical (unpaired) electrons. The molecule has 1 aliphatic heterocycles. The van der Waals surface area contributed by atoms with Crippen LogP contribution in [0.3, 0.4) is 0 Å². The summed E-state index contributed by atoms with van der Waals surface area (Å²) in [6.45, 7) is 0.294. The van der Waals surface area contributed by atoms with Crippen LogP contribution in [0.5, 0.6) is 5.75 Å². The van der Waals surface area contributed by atoms with Crippen molar-refractivity contribution in [1.82, 2.24) is 25.6 Å². The highest BCUT2D eigenvalue weighted by Crippen LogP contribution is 2.20. The molecule has 0 aromatic heterocycles. The van der Waals surface area contributed by atoms with Crippen molar-refractivity contribution in [2.45, 2.75) is 25.6 Å². The molecular formula is C29H30F2IN5O4. The van der Waals surface area contributed by atoms with Crippen LogP contribution in [0.25, 0.3) is 0 Å². The lowest BCUT2D eigenvalue weighted by atomic mass is 10.0. The third-order valence-corrected chi connectivity index (χ3v) is 7.48. The highest BCUT2D eigenvalue weighted by atomic mass is 127. The molecule has 0 unspecified atom stereocenters. The van der Waals surface area contributed by atoms with Crippen molar-refractivity contribution in [2.75, 3.05) is 26.7 Å². The number of hydrogen-bond acceptors (Lipinski definition) is 5. The number of nitrogens with one attached hydrogen (secondary N) is 2. The summed E-state index contributed by atoms with van der Waals surface area (Å²) < 4.78 is 28.2. The minimum absolute atomic E-state index is 0.0360. The maximum absolute atomic E-state index is 14.2. The van der Waals surface area contributed by atoms with E-state index < -0.39 is 35.5 Å². The number of hydrogen-bond donors (Lipinski definition) is 3. The second-order valence-electron chi connectivity index (χ2n) is 9.68. The monoisotopic (exact) mass is 677 g/mol. The Labute approximate surface area is 250 Å². The Kier molecular flexibility index (Phi) is 10.1. The summed E-state index contributed by atoms with van der Waals surface area (Å²) in [5, 5.41) is 18.0. The molecule has 216 valence electrons. The van der Waals surface area contributed by atoms with Gasteiger partial charge in [-0.25, -0.2) is 18.6 Å². The Morgan fingerprint density at radius 1 is 1.05 bits per heavy atom. The van der Waals surface area contributed by atoms with E-state index in [9.17, 15) is 28.3 Å². The van der Waals surface area contributed by atoms with Gasteiger partial charge in [-0.3, -0.25) is 14.6 Å². The van der Waals surface area contributed by atoms with Gasteiger partial charge in [-0.2, -0.15) is 0 Å². The molecule has 1 fully saturated rings. The van der Waals surface area contributed by atoms with Crippen LogP contribution < -0.4 is 10.6 Å². The van der Waals surface area contributed by atoms with Gasteiger partial charge in [-0.15, -0.1) is 0 Å². The molecule has 41 heavy (non-hydrogen) atoms. The van der Waals surface area contributed by atoms with Crippen molar-refractivity contribution < 1.29 is 28.3 Å². The topological polar surface area (TPSA) is 105 Å². The molecule has 3 aromatic carbocycles. The van der Waals surface area contributed by atoms with Crippen molar-refractivity contribution in [1.29, 1.82) is 0 Å². The van der Waals surface area contributed by atoms with E-state index in [0.717, 1.165) is 11.6 Å². The maximum atomic E-state index is 14.2. The normalized spacial score (nSPS) is 16.4. The SMILES string of the molecule is CN(C(=O)NCc1ccccc1)N1CCN(Cc2cc(F)c(F)c(I)c2)C(=O)[C@H](Cc2ccc(O)cc2)NC(=O)C1. The molecule has 12 heteroatoms. The first kappa shape index (κ1) is 30.2. The standard InChI is InChI=1S/C29H30F2IN5O4/c1-35(29(41)33-16-20-5-3-2-4-6-20)37-12-11-36(17-21-13-23(30)27(31)24(32)14-21)28(40)25(34-26(39)18-37)15-19-7-9-22(38)10-8-19/h2-10,13-14,25,38H,11-12,15-18H2,1H3,(H,33,41)(H,34,39)/t25-/m0/s1. The number of amides is 4. The fraction of sp³-hybridized carbons (Fsp3) is 0.276. The number of aromatic hydroxyl groups is 1. The fourth-order valence-corrected chi connectivity index (χ4v) is 5.13. The van der Waals surface area contributed by atoms with Gasteiger partial charge in [0.25, 0.3) is 0 Å². The molecule has 4 amide bonds. The van der Waals surface area contributed by atoms with Crippen LogP contribution in [-0.2, 0) is 29.1 Å². The van der Waals surface area contributed by atoms with E-state index >= 15 is 0 Å². The molecule has 0 saturated carbocycles. The summed E-state index contributed by atoms with van der Waals surface area (Å²) in [5.74, 6) is -2.79. The zero-order valence-electron chi connectivity index (χ0n) is 22.3. The smallest absolute Gasteiger partial charge is 0.331 e. The van der Waals surface area contributed by atoms with Crippen LogP contribution in [0, 0.1) is 15.2 Å². The maximum Gasteiger partial charge on any atom is 0.331 e. The summed E-state index contributed by atoms with van der Waals surface area (Å²) >= 11 is 1.70. The van der Waals surface area contributed by atoms with Crippen LogP contribution >= 0.6 is 22.6 Å². The van der Waals surface area contributed by atoms with E-state index in [-0.39, 0.29) is 48.5 Å². The molecule has 0 bridgehead atoms. The van der Waals surface area contributed by atoms with Crippen molar-refractivity contribution in [3.63, 3.8) is 0 Å². The molecule has 1 atom stereocenters. The van der Waals surface area contributed by atoms with Gasteiger partial charge in [0.05, 0.1) is 10.1 Å². The first-order valence-electron chi connectivity index (χ1n) is 12.9. The van der Waals surface area contributed by atoms with Gasteiger partial charge in [-0.05, 0) is 63.5 Å². The first-order valence-corrected chi connectivity index (χ1v) is 14.0. The Balaban J connectivity index is 1.56. The quantitative estimate of drug-likeness (QED) is 0.263. The lowest BCUT2D eigenvalue weighted by Crippen LogP contribution is -2.53. The minimum atomic E-state index is -1.02. The molecule has 4 rings (SSSR count). The highest BCUT2D eigenvalue weighted by Gasteiger charge is 2.31. The van der Waals surface area contributed by atoms with Gasteiger partial charge in [0, 0.05) is 39.6 Å². The van der Waals surface area contributed by atoms with E-state index in [4.69, 9.17) is 0 Å². The number of halogens is 3. The van der Waals surface area contributed by atoms with Crippen LogP contribution in [0.15, 0.2) is 66.7 Å². The highest BCUT2D eigenvalue weighted by molar-refractivity contribution is 14.1. The Morgan fingerprint density at radius 3 is 2.44 bits per heavy atom. The van der Waals surface area contributed by atoms with E-state index in [1.165, 1.54) is 40.2 Å². The van der Waals surface area contributed by atoms with E-state index in [1.807, 2.05) is 30.3 Å². The third kappa shape index (κ3) is 8.13. The predicted octanol–water partition coefficient (Wildman–Crippen LogP) is 3.40. The summed E-state index contributed by atoms with van der Waals surface area (Å²) in [5.41, 5.74) is 2.00. The summed E-state index contributed by atoms with van der Waals surface area (Å²) in [7, 11) is 1.53. The second-order valence-corrected chi connectivity index (χ2v) is 10.8. The zero-order chi connectivity index (χ0) is 29.5. The molecule has 1 heterocycles. The van der Waals surface area contributed by atoms with Crippen molar-refractivity contribution in [3.05, 3.63) is 98.6 Å². The fourth-order valence-electron chi connectivity index (χ4n) is 4.47. The Bertz CT molecular complexity index is 1370. The van der Waals surface area contributed by atoms with Crippen LogP contribution in [0.1, 0.15) is 16.7 Å². The van der Waals surface area contributed by atoms with Crippen LogP contribution in [0.2, 0.25) is 0 Å². The summed E-state index contributed by atoms with van der Waals surface area (Å²) in [6, 6.07) is 16.8. The van der Waals surface area contributed by atoms with E-state index in [2.05, 4.69) is 10.6 Å². The van der Waals surface area contributed by atoms with Gasteiger partial charge in [0.15, 0.2) is 11.6 Å². The molecule has 9 nitrogen and oxygen atoms in total. The summed E-state index contributed by atoms with van der Waals surface area (Å²) in [4.78, 5) is 41.2. The first-order chi connectivity index (χ1) is 19.6. The second kappa shape index (κ2) is 13.7. The Hall–Kier alpha value is -3.78. The average molecular weight is 677 g/mol. The number of phenolic OH excluding ortho intramolecular Hbond substituents is 1. The number of carbonyl (C=O) groups excluding carboxylic acids is 3. The Morgan fingerprint density at radius 2 is 1.76 bits per heavy atom. The molecule has 3 aromatic rings. The van der Waals surface area contributed by atoms with Crippen molar-refractivity contribution in [3.8, 4) is 5.75 Å². The minimum Gasteiger partial charge on any atom is -0.508 e. The van der Waals surface area contributed by atoms with Gasteiger partial charge in [-0.1, -0.05) is 42.5 Å². The van der Waals surface area contributed by atoms with Gasteiger partial charge < -0.3 is 20.6 Å². The van der Waals surface area contributed by atoms with Gasteiger partial charge in [0.2, 0.25) is 11.8 Å². The lowest BCUT2D eigenvalue weighted by Gasteiger charge is -2.32. The molecular weight excluding hydrogens is 647 g/mol. The number of urea groups is 1. The number of benzene rings is 3. The molecule has 3 N–H and O–H groups in total. The number of rotatable bonds is 7. The zero-order valence-corrected chi connectivity index (χ0v) is 24.5. The summed E-state index contributed by atoms with van der Waals surface area (Å²) in [6.07, 6.45) is 0.143. The van der Waals surface area contributed by atoms with E-state index in [0.29, 0.717) is 11.1 Å². The van der Waals surface area contributed by atoms with E-state index in [1.54, 1.807) is 34.7 Å². The molecule has 0 aliphatic carbocycles. The number of phenols is 1. The number of nitrogens with zero attached hydrogens (tertiary/aromatic N) is 3. The third-order valence-electron chi connectivity index (χ3n) is 6.70. The molecule has 0 spiro atoms. The lowest BCUT2D eigenvalue weighted by molar-refractivity contribution is -0.136. The van der Waals surface area contributed by atoms with Crippen LogP contribution in [-0.4, -0.2) is 70.6 Å². The average Bonchev–Trinajstić information content (AvgIpc) is 3.01. The molecule has 1 aliphatic rings. The largest absolute Gasteiger partial charge is 0.508 e. The number of hydrazine groups is 1. The van der Waals surface area contributed by atoms with Gasteiger partial charge >= 0.3 is 6.03 Å². The molecule has 1 saturated heterocycles. The van der Waals surface area contributed by atoms with Gasteiger partial charge in [0.1, 0.15) is 11.8 Å². The van der Waals surface area contributed by atoms with Crippen molar-refractivity contribution >= 4 is 40.4 Å². The van der Waals surface area contributed by atoms with Crippen molar-refractivity contribution in [2.24, 2.45) is 0 Å². The number of carbonyl (C=O) groups is 3. The van der Waals surface area contributed by atoms with Crippen LogP contribution in [0.4, 0.5) is 13.6 Å².